The van der Waals surface area contributed by atoms with Gasteiger partial charge in [-0.25, -0.2) is 0 Å². The van der Waals surface area contributed by atoms with E-state index < -0.39 is 0 Å². The lowest BCUT2D eigenvalue weighted by molar-refractivity contribution is -0.128. The lowest BCUT2D eigenvalue weighted by Gasteiger charge is -2.57. The molecular weight excluding hydrogens is 322 g/mol. The van der Waals surface area contributed by atoms with Crippen molar-refractivity contribution < 1.29 is 9.94 Å². The van der Waals surface area contributed by atoms with Crippen LogP contribution in [0.25, 0.3) is 0 Å². The van der Waals surface area contributed by atoms with Crippen molar-refractivity contribution in [3.63, 3.8) is 0 Å². The van der Waals surface area contributed by atoms with Crippen LogP contribution in [-0.2, 0) is 4.74 Å². The zero-order chi connectivity index (χ0) is 17.7. The average Bonchev–Trinajstić information content (AvgIpc) is 3.20. The van der Waals surface area contributed by atoms with Crippen LogP contribution in [0.3, 0.4) is 0 Å². The molecule has 26 heavy (non-hydrogen) atoms. The third kappa shape index (κ3) is 1.67. The standard InChI is InChI=1S/C23H29NO2/c1-13-10-18-16(15-5-4-14(24-25)11-17(13)15)6-8-22(2)21(18)19-12-20(19)23(22)7-3-9-26-23/h3,7,11,15-16,18-21,25H,1,4-6,8-10,12H2,2H3/b24-14-/t15-,16-,18-,19+,20-,21-,22+,23+/m1/s1. The summed E-state index contributed by atoms with van der Waals surface area (Å²) in [7, 11) is 0. The van der Waals surface area contributed by atoms with Crippen molar-refractivity contribution in [2.24, 2.45) is 46.1 Å². The fourth-order valence-electron chi connectivity index (χ4n) is 8.29. The van der Waals surface area contributed by atoms with Gasteiger partial charge in [-0.15, -0.1) is 0 Å². The Morgan fingerprint density at radius 1 is 1.27 bits per heavy atom. The molecule has 138 valence electrons. The molecule has 8 atom stereocenters. The quantitative estimate of drug-likeness (QED) is 0.389. The maximum absolute atomic E-state index is 9.21. The highest BCUT2D eigenvalue weighted by Crippen LogP contribution is 2.77. The Bertz CT molecular complexity index is 779. The predicted octanol–water partition coefficient (Wildman–Crippen LogP) is 4.74. The van der Waals surface area contributed by atoms with E-state index in [4.69, 9.17) is 4.74 Å². The van der Waals surface area contributed by atoms with E-state index in [0.717, 1.165) is 61.2 Å². The average molecular weight is 351 g/mol. The highest BCUT2D eigenvalue weighted by atomic mass is 16.5. The Hall–Kier alpha value is -1.35. The zero-order valence-electron chi connectivity index (χ0n) is 15.7. The van der Waals surface area contributed by atoms with Gasteiger partial charge in [-0.1, -0.05) is 36.4 Å². The van der Waals surface area contributed by atoms with Gasteiger partial charge in [0.15, 0.2) is 0 Å². The van der Waals surface area contributed by atoms with Crippen molar-refractivity contribution in [2.75, 3.05) is 6.61 Å². The van der Waals surface area contributed by atoms with Crippen LogP contribution in [0, 0.1) is 40.9 Å². The molecule has 0 radical (unpaired) electrons. The molecule has 0 unspecified atom stereocenters. The van der Waals surface area contributed by atoms with E-state index >= 15 is 0 Å². The monoisotopic (exact) mass is 351 g/mol. The summed E-state index contributed by atoms with van der Waals surface area (Å²) in [5.41, 5.74) is 3.88. The largest absolute Gasteiger partial charge is 0.411 e. The SMILES string of the molecule is C=C1C[C@@H]2[C@H](CC[C@@]3(C)[C@H]2[C@H]2C[C@H]2[C@@]32C=CCO2)[C@H]2CC/C(=N/O)C=C12. The first-order valence-electron chi connectivity index (χ1n) is 10.5. The second kappa shape index (κ2) is 4.92. The van der Waals surface area contributed by atoms with Crippen molar-refractivity contribution in [1.82, 2.24) is 0 Å². The summed E-state index contributed by atoms with van der Waals surface area (Å²) in [4.78, 5) is 0. The Kier molecular flexibility index (Phi) is 2.97. The molecule has 0 aromatic carbocycles. The Morgan fingerprint density at radius 3 is 2.92 bits per heavy atom. The van der Waals surface area contributed by atoms with E-state index in [0.29, 0.717) is 11.3 Å². The smallest absolute Gasteiger partial charge is 0.0954 e. The lowest BCUT2D eigenvalue weighted by atomic mass is 9.48. The predicted molar refractivity (Wildman–Crippen MR) is 101 cm³/mol. The van der Waals surface area contributed by atoms with Crippen molar-refractivity contribution in [1.29, 1.82) is 0 Å². The summed E-state index contributed by atoms with van der Waals surface area (Å²) in [6.07, 6.45) is 14.0. The van der Waals surface area contributed by atoms with Crippen LogP contribution in [0.1, 0.15) is 45.4 Å². The maximum atomic E-state index is 9.21. The minimum atomic E-state index is 0.0357. The van der Waals surface area contributed by atoms with Gasteiger partial charge in [-0.2, -0.15) is 0 Å². The van der Waals surface area contributed by atoms with Gasteiger partial charge in [-0.3, -0.25) is 0 Å². The molecule has 0 aromatic rings. The van der Waals surface area contributed by atoms with E-state index in [-0.39, 0.29) is 5.60 Å². The van der Waals surface area contributed by atoms with Crippen LogP contribution in [0.2, 0.25) is 0 Å². The molecule has 1 spiro atoms. The molecule has 1 N–H and O–H groups in total. The summed E-state index contributed by atoms with van der Waals surface area (Å²) >= 11 is 0. The lowest BCUT2D eigenvalue weighted by Crippen LogP contribution is -2.54. The minimum Gasteiger partial charge on any atom is -0.411 e. The van der Waals surface area contributed by atoms with Crippen LogP contribution in [-0.4, -0.2) is 23.1 Å². The fourth-order valence-corrected chi connectivity index (χ4v) is 8.29. The second-order valence-electron chi connectivity index (χ2n) is 9.97. The molecule has 3 nitrogen and oxygen atoms in total. The van der Waals surface area contributed by atoms with Crippen LogP contribution in [0.15, 0.2) is 41.1 Å². The molecule has 0 saturated heterocycles. The van der Waals surface area contributed by atoms with Crippen LogP contribution in [0.5, 0.6) is 0 Å². The van der Waals surface area contributed by atoms with E-state index in [1.54, 1.807) is 0 Å². The van der Waals surface area contributed by atoms with Crippen LogP contribution < -0.4 is 0 Å². The van der Waals surface area contributed by atoms with Gasteiger partial charge in [0, 0.05) is 5.41 Å². The van der Waals surface area contributed by atoms with Crippen molar-refractivity contribution in [2.45, 2.75) is 51.0 Å². The van der Waals surface area contributed by atoms with Crippen molar-refractivity contribution >= 4 is 5.71 Å². The first kappa shape index (κ1) is 15.7. The first-order chi connectivity index (χ1) is 12.6. The second-order valence-corrected chi connectivity index (χ2v) is 9.97. The van der Waals surface area contributed by atoms with Crippen LogP contribution >= 0.6 is 0 Å². The number of allylic oxidation sites excluding steroid dienone is 3. The summed E-state index contributed by atoms with van der Waals surface area (Å²) in [5, 5.41) is 12.7. The first-order valence-corrected chi connectivity index (χ1v) is 10.5. The van der Waals surface area contributed by atoms with Gasteiger partial charge in [-0.05, 0) is 85.7 Å². The molecule has 0 aromatic heterocycles. The highest BCUT2D eigenvalue weighted by molar-refractivity contribution is 5.96. The molecule has 4 fully saturated rings. The zero-order valence-corrected chi connectivity index (χ0v) is 15.7. The van der Waals surface area contributed by atoms with E-state index in [9.17, 15) is 5.21 Å². The van der Waals surface area contributed by atoms with E-state index in [2.05, 4.69) is 36.9 Å². The summed E-state index contributed by atoms with van der Waals surface area (Å²) < 4.78 is 6.48. The Balaban J connectivity index is 1.39. The summed E-state index contributed by atoms with van der Waals surface area (Å²) in [5.74, 6) is 4.60. The third-order valence-corrected chi connectivity index (χ3v) is 9.24. The number of nitrogens with zero attached hydrogens (tertiary/aromatic N) is 1. The Labute approximate surface area is 155 Å². The molecule has 5 aliphatic carbocycles. The molecule has 0 amide bonds. The van der Waals surface area contributed by atoms with E-state index in [1.807, 2.05) is 0 Å². The number of ether oxygens (including phenoxy) is 1. The third-order valence-electron chi connectivity index (χ3n) is 9.24. The fraction of sp³-hybridized carbons (Fsp3) is 0.696. The summed E-state index contributed by atoms with van der Waals surface area (Å²) in [6, 6.07) is 0. The molecule has 1 aliphatic heterocycles. The van der Waals surface area contributed by atoms with Gasteiger partial charge in [0.05, 0.1) is 17.9 Å². The number of fused-ring (bicyclic) bond motifs is 9. The number of rotatable bonds is 0. The van der Waals surface area contributed by atoms with Gasteiger partial charge < -0.3 is 9.94 Å². The molecular formula is C23H29NO2. The molecule has 6 aliphatic rings. The number of oxime groups is 1. The minimum absolute atomic E-state index is 0.0357. The number of hydrogen-bond acceptors (Lipinski definition) is 3. The molecule has 6 rings (SSSR count). The summed E-state index contributed by atoms with van der Waals surface area (Å²) in [6.45, 7) is 7.83. The van der Waals surface area contributed by atoms with E-state index in [1.165, 1.54) is 30.4 Å². The van der Waals surface area contributed by atoms with Gasteiger partial charge >= 0.3 is 0 Å². The molecule has 4 saturated carbocycles. The molecule has 1 heterocycles. The van der Waals surface area contributed by atoms with Crippen molar-refractivity contribution in [3.8, 4) is 0 Å². The van der Waals surface area contributed by atoms with Gasteiger partial charge in [0.25, 0.3) is 0 Å². The highest BCUT2D eigenvalue weighted by Gasteiger charge is 2.76. The van der Waals surface area contributed by atoms with Gasteiger partial charge in [0.1, 0.15) is 0 Å². The topological polar surface area (TPSA) is 41.8 Å². The normalized spacial score (nSPS) is 55.3. The van der Waals surface area contributed by atoms with Crippen molar-refractivity contribution in [3.05, 3.63) is 36.0 Å². The Morgan fingerprint density at radius 2 is 2.15 bits per heavy atom. The maximum Gasteiger partial charge on any atom is 0.0954 e. The molecule has 0 bridgehead atoms. The van der Waals surface area contributed by atoms with Gasteiger partial charge in [0.2, 0.25) is 0 Å². The number of hydrogen-bond donors (Lipinski definition) is 1. The van der Waals surface area contributed by atoms with Crippen LogP contribution in [0.4, 0.5) is 0 Å². The molecule has 3 heteroatoms.